The molecule has 4 unspecified atom stereocenters. The average molecular weight is 437 g/mol. The first-order chi connectivity index (χ1) is 14.9. The van der Waals surface area contributed by atoms with E-state index in [-0.39, 0.29) is 0 Å². The lowest BCUT2D eigenvalue weighted by atomic mass is 9.79. The molecule has 4 nitrogen and oxygen atoms in total. The van der Waals surface area contributed by atoms with Crippen LogP contribution in [0.1, 0.15) is 122 Å². The first-order valence-electron chi connectivity index (χ1n) is 13.2. The van der Waals surface area contributed by atoms with Crippen molar-refractivity contribution < 1.29 is 20.1 Å². The third-order valence-electron chi connectivity index (χ3n) is 7.80. The van der Waals surface area contributed by atoms with E-state index >= 15 is 0 Å². The lowest BCUT2D eigenvalue weighted by Gasteiger charge is -2.33. The van der Waals surface area contributed by atoms with Crippen LogP contribution < -0.4 is 0 Å². The third-order valence-corrected chi connectivity index (χ3v) is 7.80. The number of hydrogen-bond donors (Lipinski definition) is 3. The van der Waals surface area contributed by atoms with Crippen LogP contribution >= 0.6 is 0 Å². The van der Waals surface area contributed by atoms with Gasteiger partial charge in [0.1, 0.15) is 0 Å². The molecule has 4 atom stereocenters. The van der Waals surface area contributed by atoms with E-state index in [9.17, 15) is 20.1 Å². The van der Waals surface area contributed by atoms with E-state index in [4.69, 9.17) is 0 Å². The molecule has 3 N–H and O–H groups in total. The largest absolute Gasteiger partial charge is 0.481 e. The lowest BCUT2D eigenvalue weighted by molar-refractivity contribution is -0.146. The van der Waals surface area contributed by atoms with Crippen molar-refractivity contribution in [3.05, 3.63) is 12.2 Å². The SMILES string of the molecule is CCCCCC1C=CC(CCCCCC(C(=O)O)C(O)CCC2(O)CCCCC2)CC1. The predicted octanol–water partition coefficient (Wildman–Crippen LogP) is 6.64. The van der Waals surface area contributed by atoms with Gasteiger partial charge in [0.2, 0.25) is 0 Å². The molecule has 31 heavy (non-hydrogen) atoms. The molecule has 2 aliphatic rings. The van der Waals surface area contributed by atoms with Gasteiger partial charge in [-0.15, -0.1) is 0 Å². The molecule has 0 aromatic carbocycles. The van der Waals surface area contributed by atoms with Gasteiger partial charge >= 0.3 is 5.97 Å². The number of hydrogen-bond acceptors (Lipinski definition) is 3. The molecule has 2 rings (SSSR count). The molecule has 0 amide bonds. The molecular weight excluding hydrogens is 388 g/mol. The summed E-state index contributed by atoms with van der Waals surface area (Å²) < 4.78 is 0. The summed E-state index contributed by atoms with van der Waals surface area (Å²) in [7, 11) is 0. The Morgan fingerprint density at radius 3 is 2.10 bits per heavy atom. The molecule has 0 aromatic rings. The van der Waals surface area contributed by atoms with Crippen LogP contribution in [0.3, 0.4) is 0 Å². The van der Waals surface area contributed by atoms with Crippen LogP contribution in [0.5, 0.6) is 0 Å². The summed E-state index contributed by atoms with van der Waals surface area (Å²) in [4.78, 5) is 11.7. The van der Waals surface area contributed by atoms with Crippen molar-refractivity contribution in [1.29, 1.82) is 0 Å². The summed E-state index contributed by atoms with van der Waals surface area (Å²) in [6, 6.07) is 0. The molecule has 180 valence electrons. The maximum Gasteiger partial charge on any atom is 0.309 e. The quantitative estimate of drug-likeness (QED) is 0.199. The number of carbonyl (C=O) groups is 1. The van der Waals surface area contributed by atoms with E-state index in [1.165, 1.54) is 51.4 Å². The summed E-state index contributed by atoms with van der Waals surface area (Å²) in [5.74, 6) is -0.120. The smallest absolute Gasteiger partial charge is 0.309 e. The lowest BCUT2D eigenvalue weighted by Crippen LogP contribution is -2.35. The van der Waals surface area contributed by atoms with Crippen LogP contribution in [0.4, 0.5) is 0 Å². The molecule has 0 aromatic heterocycles. The highest BCUT2D eigenvalue weighted by Gasteiger charge is 2.32. The first-order valence-corrected chi connectivity index (χ1v) is 13.2. The van der Waals surface area contributed by atoms with Crippen LogP contribution in [-0.4, -0.2) is 33.0 Å². The molecule has 0 saturated heterocycles. The van der Waals surface area contributed by atoms with Gasteiger partial charge in [0.05, 0.1) is 17.6 Å². The second-order valence-corrected chi connectivity index (χ2v) is 10.5. The molecule has 2 aliphatic carbocycles. The fourth-order valence-corrected chi connectivity index (χ4v) is 5.58. The van der Waals surface area contributed by atoms with Crippen molar-refractivity contribution in [2.45, 2.75) is 134 Å². The Morgan fingerprint density at radius 2 is 1.55 bits per heavy atom. The standard InChI is InChI=1S/C27H48O4/c1-2-3-6-11-22-14-16-23(17-15-22)12-7-4-8-13-24(26(29)30)25(28)18-21-27(31)19-9-5-10-20-27/h14,16,22-25,28,31H,2-13,15,17-21H2,1H3,(H,29,30). The monoisotopic (exact) mass is 436 g/mol. The van der Waals surface area contributed by atoms with Crippen molar-refractivity contribution in [2.24, 2.45) is 17.8 Å². The average Bonchev–Trinajstić information content (AvgIpc) is 2.76. The zero-order valence-electron chi connectivity index (χ0n) is 19.9. The maximum absolute atomic E-state index is 11.7. The van der Waals surface area contributed by atoms with Gasteiger partial charge in [-0.1, -0.05) is 76.9 Å². The number of unbranched alkanes of at least 4 members (excludes halogenated alkanes) is 4. The minimum atomic E-state index is -0.896. The van der Waals surface area contributed by atoms with Gasteiger partial charge in [0.15, 0.2) is 0 Å². The van der Waals surface area contributed by atoms with Crippen LogP contribution in [-0.2, 0) is 4.79 Å². The van der Waals surface area contributed by atoms with Crippen molar-refractivity contribution in [3.63, 3.8) is 0 Å². The van der Waals surface area contributed by atoms with Crippen LogP contribution in [0.2, 0.25) is 0 Å². The number of rotatable bonds is 15. The second kappa shape index (κ2) is 14.3. The van der Waals surface area contributed by atoms with Gasteiger partial charge in [-0.2, -0.15) is 0 Å². The number of carboxylic acid groups (broad SMARTS) is 1. The Morgan fingerprint density at radius 1 is 0.935 bits per heavy atom. The second-order valence-electron chi connectivity index (χ2n) is 10.5. The van der Waals surface area contributed by atoms with E-state index in [0.29, 0.717) is 25.2 Å². The Kier molecular flexibility index (Phi) is 12.2. The Hall–Kier alpha value is -0.870. The van der Waals surface area contributed by atoms with Crippen molar-refractivity contribution in [1.82, 2.24) is 0 Å². The van der Waals surface area contributed by atoms with Gasteiger partial charge in [-0.3, -0.25) is 4.79 Å². The third kappa shape index (κ3) is 10.1. The minimum absolute atomic E-state index is 0.389. The van der Waals surface area contributed by atoms with E-state index in [1.54, 1.807) is 0 Å². The number of aliphatic carboxylic acids is 1. The highest BCUT2D eigenvalue weighted by molar-refractivity contribution is 5.70. The van der Waals surface area contributed by atoms with E-state index < -0.39 is 23.6 Å². The number of aliphatic hydroxyl groups excluding tert-OH is 1. The van der Waals surface area contributed by atoms with Gasteiger partial charge in [-0.25, -0.2) is 0 Å². The zero-order chi connectivity index (χ0) is 22.5. The Labute approximate surface area is 190 Å². The Bertz CT molecular complexity index is 523. The molecule has 0 spiro atoms. The summed E-state index contributed by atoms with van der Waals surface area (Å²) in [6.07, 6.45) is 22.4. The van der Waals surface area contributed by atoms with Gasteiger partial charge in [0.25, 0.3) is 0 Å². The molecule has 0 aliphatic heterocycles. The molecule has 0 heterocycles. The van der Waals surface area contributed by atoms with Crippen LogP contribution in [0.15, 0.2) is 12.2 Å². The zero-order valence-corrected chi connectivity index (χ0v) is 19.9. The molecular formula is C27H48O4. The summed E-state index contributed by atoms with van der Waals surface area (Å²) in [6.45, 7) is 2.26. The first kappa shape index (κ1) is 26.4. The number of allylic oxidation sites excluding steroid dienone is 2. The molecule has 0 radical (unpaired) electrons. The molecule has 4 heteroatoms. The fraction of sp³-hybridized carbons (Fsp3) is 0.889. The van der Waals surface area contributed by atoms with Crippen molar-refractivity contribution in [3.8, 4) is 0 Å². The predicted molar refractivity (Wildman–Crippen MR) is 127 cm³/mol. The maximum atomic E-state index is 11.7. The van der Waals surface area contributed by atoms with E-state index in [2.05, 4.69) is 19.1 Å². The molecule has 1 saturated carbocycles. The topological polar surface area (TPSA) is 77.8 Å². The highest BCUT2D eigenvalue weighted by atomic mass is 16.4. The summed E-state index contributed by atoms with van der Waals surface area (Å²) in [5.41, 5.74) is -0.690. The van der Waals surface area contributed by atoms with Crippen LogP contribution in [0, 0.1) is 17.8 Å². The highest BCUT2D eigenvalue weighted by Crippen LogP contribution is 2.33. The normalized spacial score (nSPS) is 25.3. The number of carboxylic acids is 1. The minimum Gasteiger partial charge on any atom is -0.481 e. The Balaban J connectivity index is 1.60. The summed E-state index contributed by atoms with van der Waals surface area (Å²) in [5, 5.41) is 30.7. The van der Waals surface area contributed by atoms with Gasteiger partial charge in [0, 0.05) is 0 Å². The van der Waals surface area contributed by atoms with Gasteiger partial charge in [-0.05, 0) is 69.6 Å². The molecule has 1 fully saturated rings. The van der Waals surface area contributed by atoms with Crippen molar-refractivity contribution in [2.75, 3.05) is 0 Å². The van der Waals surface area contributed by atoms with Crippen molar-refractivity contribution >= 4 is 5.97 Å². The molecule has 0 bridgehead atoms. The van der Waals surface area contributed by atoms with E-state index in [0.717, 1.165) is 50.9 Å². The van der Waals surface area contributed by atoms with E-state index in [1.807, 2.05) is 0 Å². The van der Waals surface area contributed by atoms with Crippen LogP contribution in [0.25, 0.3) is 0 Å². The summed E-state index contributed by atoms with van der Waals surface area (Å²) >= 11 is 0. The van der Waals surface area contributed by atoms with Gasteiger partial charge < -0.3 is 15.3 Å². The fourth-order valence-electron chi connectivity index (χ4n) is 5.58. The number of aliphatic hydroxyl groups is 2.